The lowest BCUT2D eigenvalue weighted by Crippen LogP contribution is -2.18. The second-order valence-electron chi connectivity index (χ2n) is 3.23. The van der Waals surface area contributed by atoms with Crippen molar-refractivity contribution in [3.63, 3.8) is 0 Å². The van der Waals surface area contributed by atoms with Crippen molar-refractivity contribution in [1.82, 2.24) is 5.32 Å². The molecule has 0 atom stereocenters. The number of hydrogen-bond acceptors (Lipinski definition) is 2. The summed E-state index contributed by atoms with van der Waals surface area (Å²) in [6, 6.07) is 8.06. The van der Waals surface area contributed by atoms with E-state index in [1.165, 1.54) is 6.92 Å². The van der Waals surface area contributed by atoms with Gasteiger partial charge in [0, 0.05) is 18.4 Å². The summed E-state index contributed by atoms with van der Waals surface area (Å²) in [5.74, 6) is -0.00685. The van der Waals surface area contributed by atoms with Crippen molar-refractivity contribution < 1.29 is 4.79 Å². The van der Waals surface area contributed by atoms with Crippen LogP contribution in [0.5, 0.6) is 0 Å². The first-order valence-corrected chi connectivity index (χ1v) is 7.92. The van der Waals surface area contributed by atoms with Crippen LogP contribution in [0.3, 0.4) is 0 Å². The van der Waals surface area contributed by atoms with Crippen molar-refractivity contribution in [2.75, 3.05) is 6.26 Å². The lowest BCUT2D eigenvalue weighted by Gasteiger charge is -2.05. The van der Waals surface area contributed by atoms with Crippen molar-refractivity contribution in [2.24, 2.45) is 0 Å². The van der Waals surface area contributed by atoms with Gasteiger partial charge in [0.15, 0.2) is 0 Å². The number of hydrogen-bond donors (Lipinski definition) is 1. The maximum atomic E-state index is 10.7. The molecular formula is C16H27NOS. The van der Waals surface area contributed by atoms with Gasteiger partial charge in [-0.15, -0.1) is 11.8 Å². The maximum Gasteiger partial charge on any atom is 0.217 e. The largest absolute Gasteiger partial charge is 0.352 e. The SMILES string of the molecule is C=C(SC)c1ccc(CNC(C)=O)cc1.CC.CC. The Morgan fingerprint density at radius 1 is 1.16 bits per heavy atom. The Morgan fingerprint density at radius 3 is 2.00 bits per heavy atom. The van der Waals surface area contributed by atoms with Crippen LogP contribution in [-0.2, 0) is 11.3 Å². The molecule has 0 spiro atoms. The summed E-state index contributed by atoms with van der Waals surface area (Å²) in [7, 11) is 0. The fourth-order valence-electron chi connectivity index (χ4n) is 1.15. The molecule has 0 unspecified atom stereocenters. The average Bonchev–Trinajstić information content (AvgIpc) is 2.49. The molecule has 0 aliphatic rings. The van der Waals surface area contributed by atoms with E-state index in [1.807, 2.05) is 58.2 Å². The number of benzene rings is 1. The van der Waals surface area contributed by atoms with Gasteiger partial charge in [0.05, 0.1) is 0 Å². The molecule has 1 aromatic carbocycles. The summed E-state index contributed by atoms with van der Waals surface area (Å²) >= 11 is 1.64. The van der Waals surface area contributed by atoms with Crippen molar-refractivity contribution in [3.05, 3.63) is 42.0 Å². The van der Waals surface area contributed by atoms with E-state index in [1.54, 1.807) is 11.8 Å². The monoisotopic (exact) mass is 281 g/mol. The van der Waals surface area contributed by atoms with E-state index in [2.05, 4.69) is 11.9 Å². The Kier molecular flexibility index (Phi) is 14.0. The van der Waals surface area contributed by atoms with Gasteiger partial charge in [-0.25, -0.2) is 0 Å². The first-order valence-electron chi connectivity index (χ1n) is 6.70. The van der Waals surface area contributed by atoms with Crippen LogP contribution >= 0.6 is 11.8 Å². The molecule has 1 amide bonds. The molecule has 0 radical (unpaired) electrons. The zero-order chi connectivity index (χ0) is 15.3. The third kappa shape index (κ3) is 9.37. The van der Waals surface area contributed by atoms with Crippen molar-refractivity contribution in [1.29, 1.82) is 0 Å². The fourth-order valence-corrected chi connectivity index (χ4v) is 1.52. The van der Waals surface area contributed by atoms with Crippen LogP contribution in [0.4, 0.5) is 0 Å². The highest BCUT2D eigenvalue weighted by Crippen LogP contribution is 2.22. The molecule has 0 fully saturated rings. The molecule has 0 aliphatic heterocycles. The van der Waals surface area contributed by atoms with Gasteiger partial charge < -0.3 is 5.32 Å². The van der Waals surface area contributed by atoms with Crippen LogP contribution < -0.4 is 5.32 Å². The van der Waals surface area contributed by atoms with Gasteiger partial charge in [-0.05, 0) is 17.4 Å². The highest BCUT2D eigenvalue weighted by molar-refractivity contribution is 8.07. The molecule has 3 heteroatoms. The highest BCUT2D eigenvalue weighted by atomic mass is 32.2. The predicted octanol–water partition coefficient (Wildman–Crippen LogP) is 4.71. The van der Waals surface area contributed by atoms with Crippen LogP contribution in [0.15, 0.2) is 30.8 Å². The van der Waals surface area contributed by atoms with Gasteiger partial charge in [0.25, 0.3) is 0 Å². The van der Waals surface area contributed by atoms with Gasteiger partial charge in [-0.3, -0.25) is 4.79 Å². The topological polar surface area (TPSA) is 29.1 Å². The number of carbonyl (C=O) groups is 1. The summed E-state index contributed by atoms with van der Waals surface area (Å²) in [4.78, 5) is 11.8. The van der Waals surface area contributed by atoms with E-state index < -0.39 is 0 Å². The minimum Gasteiger partial charge on any atom is -0.352 e. The van der Waals surface area contributed by atoms with E-state index in [4.69, 9.17) is 0 Å². The van der Waals surface area contributed by atoms with Gasteiger partial charge in [-0.2, -0.15) is 0 Å². The first-order chi connectivity index (χ1) is 9.13. The Bertz CT molecular complexity index is 358. The van der Waals surface area contributed by atoms with Crippen LogP contribution in [0.1, 0.15) is 45.7 Å². The molecule has 108 valence electrons. The third-order valence-corrected chi connectivity index (χ3v) is 2.79. The molecule has 0 saturated heterocycles. The second-order valence-corrected chi connectivity index (χ2v) is 4.14. The minimum absolute atomic E-state index is 0.00685. The molecule has 0 saturated carbocycles. The molecule has 0 heterocycles. The van der Waals surface area contributed by atoms with Gasteiger partial charge in [0.1, 0.15) is 0 Å². The number of rotatable bonds is 4. The van der Waals surface area contributed by atoms with Gasteiger partial charge in [0.2, 0.25) is 5.91 Å². The van der Waals surface area contributed by atoms with Gasteiger partial charge in [-0.1, -0.05) is 58.5 Å². The smallest absolute Gasteiger partial charge is 0.217 e. The van der Waals surface area contributed by atoms with Gasteiger partial charge >= 0.3 is 0 Å². The fraction of sp³-hybridized carbons (Fsp3) is 0.438. The quantitative estimate of drug-likeness (QED) is 0.866. The average molecular weight is 281 g/mol. The van der Waals surface area contributed by atoms with E-state index in [0.29, 0.717) is 6.54 Å². The molecule has 0 aromatic heterocycles. The molecule has 0 bridgehead atoms. The Hall–Kier alpha value is -1.22. The minimum atomic E-state index is -0.00685. The molecule has 2 nitrogen and oxygen atoms in total. The lowest BCUT2D eigenvalue weighted by atomic mass is 10.1. The molecule has 1 aromatic rings. The zero-order valence-electron chi connectivity index (χ0n) is 13.0. The van der Waals surface area contributed by atoms with E-state index >= 15 is 0 Å². The number of thioether (sulfide) groups is 1. The lowest BCUT2D eigenvalue weighted by molar-refractivity contribution is -0.119. The molecule has 1 rings (SSSR count). The zero-order valence-corrected chi connectivity index (χ0v) is 13.9. The number of carbonyl (C=O) groups excluding carboxylic acids is 1. The third-order valence-electron chi connectivity index (χ3n) is 2.06. The molecule has 0 aliphatic carbocycles. The Morgan fingerprint density at radius 2 is 1.63 bits per heavy atom. The molecular weight excluding hydrogens is 254 g/mol. The number of amides is 1. The second kappa shape index (κ2) is 13.2. The highest BCUT2D eigenvalue weighted by Gasteiger charge is 1.98. The maximum absolute atomic E-state index is 10.7. The predicted molar refractivity (Wildman–Crippen MR) is 89.2 cm³/mol. The van der Waals surface area contributed by atoms with E-state index in [0.717, 1.165) is 16.0 Å². The van der Waals surface area contributed by atoms with Crippen LogP contribution in [0.2, 0.25) is 0 Å². The molecule has 1 N–H and O–H groups in total. The Labute approximate surface area is 122 Å². The summed E-state index contributed by atoms with van der Waals surface area (Å²) in [6.07, 6.45) is 2.01. The van der Waals surface area contributed by atoms with Crippen molar-refractivity contribution in [3.8, 4) is 0 Å². The summed E-state index contributed by atoms with van der Waals surface area (Å²) in [5, 5.41) is 2.76. The first kappa shape index (κ1) is 20.1. The summed E-state index contributed by atoms with van der Waals surface area (Å²) < 4.78 is 0. The van der Waals surface area contributed by atoms with Crippen molar-refractivity contribution >= 4 is 22.6 Å². The van der Waals surface area contributed by atoms with E-state index in [9.17, 15) is 4.79 Å². The van der Waals surface area contributed by atoms with Crippen molar-refractivity contribution in [2.45, 2.75) is 41.2 Å². The molecule has 19 heavy (non-hydrogen) atoms. The van der Waals surface area contributed by atoms with Crippen LogP contribution in [0, 0.1) is 0 Å². The van der Waals surface area contributed by atoms with Crippen LogP contribution in [0.25, 0.3) is 4.91 Å². The summed E-state index contributed by atoms with van der Waals surface area (Å²) in [5.41, 5.74) is 2.23. The normalized spacial score (nSPS) is 8.32. The summed E-state index contributed by atoms with van der Waals surface area (Å²) in [6.45, 7) is 14.0. The van der Waals surface area contributed by atoms with E-state index in [-0.39, 0.29) is 5.91 Å². The van der Waals surface area contributed by atoms with Crippen LogP contribution in [-0.4, -0.2) is 12.2 Å². The number of nitrogens with one attached hydrogen (secondary N) is 1. The standard InChI is InChI=1S/C12H15NOS.2C2H6/c1-9(15-3)12-6-4-11(5-7-12)8-13-10(2)14;2*1-2/h4-7H,1,8H2,2-3H3,(H,13,14);2*1-2H3. The Balaban J connectivity index is 0.